The third-order valence-electron chi connectivity index (χ3n) is 7.91. The van der Waals surface area contributed by atoms with Crippen molar-refractivity contribution in [1.29, 1.82) is 0 Å². The largest absolute Gasteiger partial charge is 0.453 e. The Kier molecular flexibility index (Phi) is 8.88. The first kappa shape index (κ1) is 32.0. The maximum absolute atomic E-state index is 13.6. The Labute approximate surface area is 266 Å². The monoisotopic (exact) mass is 632 g/mol. The molecule has 0 aliphatic carbocycles. The predicted molar refractivity (Wildman–Crippen MR) is 175 cm³/mol. The molecule has 0 bridgehead atoms. The Hall–Kier alpha value is -4.45. The van der Waals surface area contributed by atoms with Crippen molar-refractivity contribution in [3.8, 4) is 22.4 Å². The standard InChI is InChI=1S/C33H40N6O5S/c1-19(2)26(37-30(41)43-7)27(40)39-16-8-15-33(39,6)28-34-18-24(35-28)21-11-9-20(10-12-21)22-13-14-23-25(17-22)45-29(36-23)38-31(42)44-32(3,4)5/h9-14,17-19,26H,8,15-16H2,1-7H3,(H,34,35)(H,37,41)(H,36,38,42). The number of likely N-dealkylation sites (tertiary alicyclic amines) is 1. The number of nitrogens with one attached hydrogen (secondary N) is 3. The summed E-state index contributed by atoms with van der Waals surface area (Å²) in [5.41, 5.74) is 3.44. The lowest BCUT2D eigenvalue weighted by atomic mass is 9.95. The second-order valence-electron chi connectivity index (χ2n) is 12.8. The summed E-state index contributed by atoms with van der Waals surface area (Å²) < 4.78 is 11.0. The summed E-state index contributed by atoms with van der Waals surface area (Å²) in [6.07, 6.45) is 2.22. The molecule has 2 aromatic carbocycles. The van der Waals surface area contributed by atoms with Crippen molar-refractivity contribution < 1.29 is 23.9 Å². The fraction of sp³-hybridized carbons (Fsp3) is 0.424. The number of carbonyl (C=O) groups excluding carboxylic acids is 3. The van der Waals surface area contributed by atoms with Crippen LogP contribution in [0.2, 0.25) is 0 Å². The summed E-state index contributed by atoms with van der Waals surface area (Å²) in [4.78, 5) is 52.3. The van der Waals surface area contributed by atoms with Crippen LogP contribution in [0.15, 0.2) is 48.7 Å². The van der Waals surface area contributed by atoms with Gasteiger partial charge in [0.1, 0.15) is 17.5 Å². The molecule has 2 unspecified atom stereocenters. The molecule has 0 spiro atoms. The third kappa shape index (κ3) is 6.95. The molecule has 1 aliphatic heterocycles. The first-order chi connectivity index (χ1) is 21.3. The lowest BCUT2D eigenvalue weighted by molar-refractivity contribution is -0.138. The van der Waals surface area contributed by atoms with Gasteiger partial charge in [0.15, 0.2) is 5.13 Å². The van der Waals surface area contributed by atoms with E-state index in [0.717, 1.165) is 45.4 Å². The van der Waals surface area contributed by atoms with Crippen LogP contribution in [-0.4, -0.2) is 63.2 Å². The van der Waals surface area contributed by atoms with Gasteiger partial charge in [-0.05, 0) is 75.3 Å². The van der Waals surface area contributed by atoms with Gasteiger partial charge < -0.3 is 24.7 Å². The van der Waals surface area contributed by atoms with Crippen LogP contribution < -0.4 is 10.6 Å². The van der Waals surface area contributed by atoms with Gasteiger partial charge in [-0.3, -0.25) is 10.1 Å². The molecule has 4 aromatic rings. The molecule has 1 aliphatic rings. The van der Waals surface area contributed by atoms with Crippen LogP contribution in [0.3, 0.4) is 0 Å². The average Bonchev–Trinajstić information content (AvgIpc) is 3.72. The molecule has 0 radical (unpaired) electrons. The minimum atomic E-state index is -0.700. The normalized spacial score (nSPS) is 17.4. The molecular formula is C33H40N6O5S. The van der Waals surface area contributed by atoms with E-state index < -0.39 is 29.4 Å². The number of aromatic amines is 1. The number of hydrogen-bond acceptors (Lipinski definition) is 8. The van der Waals surface area contributed by atoms with E-state index in [2.05, 4.69) is 38.8 Å². The summed E-state index contributed by atoms with van der Waals surface area (Å²) in [6.45, 7) is 11.8. The number of thiazole rings is 1. The molecule has 1 fully saturated rings. The zero-order chi connectivity index (χ0) is 32.5. The van der Waals surface area contributed by atoms with Crippen molar-refractivity contribution in [2.45, 2.75) is 71.6 Å². The first-order valence-corrected chi connectivity index (χ1v) is 15.8. The Morgan fingerprint density at radius 1 is 1.04 bits per heavy atom. The average molecular weight is 633 g/mol. The van der Waals surface area contributed by atoms with Gasteiger partial charge in [-0.1, -0.05) is 55.5 Å². The van der Waals surface area contributed by atoms with Crippen molar-refractivity contribution in [3.05, 3.63) is 54.5 Å². The second kappa shape index (κ2) is 12.5. The zero-order valence-corrected chi connectivity index (χ0v) is 27.5. The molecule has 2 aromatic heterocycles. The molecule has 45 heavy (non-hydrogen) atoms. The fourth-order valence-corrected chi connectivity index (χ4v) is 6.45. The Balaban J connectivity index is 1.32. The van der Waals surface area contributed by atoms with Gasteiger partial charge >= 0.3 is 12.2 Å². The minimum Gasteiger partial charge on any atom is -0.453 e. The Morgan fingerprint density at radius 2 is 1.73 bits per heavy atom. The number of carbonyl (C=O) groups is 3. The summed E-state index contributed by atoms with van der Waals surface area (Å²) >= 11 is 1.39. The number of methoxy groups -OCH3 is 1. The Bertz CT molecular complexity index is 1710. The van der Waals surface area contributed by atoms with Gasteiger partial charge in [0.05, 0.1) is 34.8 Å². The highest BCUT2D eigenvalue weighted by Crippen LogP contribution is 2.39. The van der Waals surface area contributed by atoms with E-state index in [1.807, 2.05) is 70.7 Å². The van der Waals surface area contributed by atoms with Crippen molar-refractivity contribution in [3.63, 3.8) is 0 Å². The highest BCUT2D eigenvalue weighted by Gasteiger charge is 2.46. The molecule has 5 rings (SSSR count). The number of imidazole rings is 1. The van der Waals surface area contributed by atoms with Gasteiger partial charge in [-0.15, -0.1) is 0 Å². The predicted octanol–water partition coefficient (Wildman–Crippen LogP) is 6.92. The van der Waals surface area contributed by atoms with Crippen LogP contribution in [0.1, 0.15) is 60.2 Å². The Morgan fingerprint density at radius 3 is 2.40 bits per heavy atom. The van der Waals surface area contributed by atoms with E-state index in [9.17, 15) is 14.4 Å². The van der Waals surface area contributed by atoms with E-state index >= 15 is 0 Å². The number of H-pyrrole nitrogens is 1. The maximum atomic E-state index is 13.6. The topological polar surface area (TPSA) is 139 Å². The lowest BCUT2D eigenvalue weighted by Gasteiger charge is -2.37. The van der Waals surface area contributed by atoms with Crippen molar-refractivity contribution in [2.75, 3.05) is 19.0 Å². The van der Waals surface area contributed by atoms with Crippen LogP contribution >= 0.6 is 11.3 Å². The molecule has 0 saturated carbocycles. The van der Waals surface area contributed by atoms with Crippen LogP contribution in [-0.2, 0) is 19.8 Å². The van der Waals surface area contributed by atoms with Gasteiger partial charge in [0.25, 0.3) is 0 Å². The molecule has 3 heterocycles. The first-order valence-electron chi connectivity index (χ1n) is 15.0. The van der Waals surface area contributed by atoms with Crippen molar-refractivity contribution >= 4 is 44.8 Å². The van der Waals surface area contributed by atoms with Crippen LogP contribution in [0, 0.1) is 5.92 Å². The number of amides is 3. The molecule has 3 amide bonds. The molecule has 11 nitrogen and oxygen atoms in total. The smallest absolute Gasteiger partial charge is 0.413 e. The molecule has 3 N–H and O–H groups in total. The van der Waals surface area contributed by atoms with Crippen molar-refractivity contribution in [1.82, 2.24) is 25.2 Å². The van der Waals surface area contributed by atoms with Gasteiger partial charge in [-0.2, -0.15) is 0 Å². The highest BCUT2D eigenvalue weighted by atomic mass is 32.1. The molecular weight excluding hydrogens is 592 g/mol. The number of alkyl carbamates (subject to hydrolysis) is 1. The van der Waals surface area contributed by atoms with E-state index in [1.165, 1.54) is 18.4 Å². The number of benzene rings is 2. The number of ether oxygens (including phenoxy) is 2. The molecule has 12 heteroatoms. The number of nitrogens with zero attached hydrogens (tertiary/aromatic N) is 3. The number of anilines is 1. The molecule has 238 valence electrons. The lowest BCUT2D eigenvalue weighted by Crippen LogP contribution is -2.55. The van der Waals surface area contributed by atoms with Crippen LogP contribution in [0.4, 0.5) is 14.7 Å². The van der Waals surface area contributed by atoms with Crippen LogP contribution in [0.5, 0.6) is 0 Å². The van der Waals surface area contributed by atoms with E-state index in [4.69, 9.17) is 14.5 Å². The van der Waals surface area contributed by atoms with Crippen LogP contribution in [0.25, 0.3) is 32.6 Å². The third-order valence-corrected chi connectivity index (χ3v) is 8.84. The molecule has 1 saturated heterocycles. The van der Waals surface area contributed by atoms with Gasteiger partial charge in [0.2, 0.25) is 5.91 Å². The minimum absolute atomic E-state index is 0.111. The number of rotatable bonds is 7. The molecule has 2 atom stereocenters. The van der Waals surface area contributed by atoms with Crippen molar-refractivity contribution in [2.24, 2.45) is 5.92 Å². The summed E-state index contributed by atoms with van der Waals surface area (Å²) in [6, 6.07) is 13.5. The number of hydrogen-bond donors (Lipinski definition) is 3. The van der Waals surface area contributed by atoms with E-state index in [-0.39, 0.29) is 11.8 Å². The number of fused-ring (bicyclic) bond motifs is 1. The van der Waals surface area contributed by atoms with E-state index in [0.29, 0.717) is 17.5 Å². The maximum Gasteiger partial charge on any atom is 0.413 e. The quantitative estimate of drug-likeness (QED) is 0.201. The zero-order valence-electron chi connectivity index (χ0n) is 26.7. The highest BCUT2D eigenvalue weighted by molar-refractivity contribution is 7.22. The SMILES string of the molecule is COC(=O)NC(C(=O)N1CCCC1(C)c1ncc(-c2ccc(-c3ccc4nc(NC(=O)OC(C)(C)C)sc4c3)cc2)[nH]1)C(C)C. The summed E-state index contributed by atoms with van der Waals surface area (Å²) in [7, 11) is 1.29. The number of aromatic nitrogens is 3. The fourth-order valence-electron chi connectivity index (χ4n) is 5.56. The van der Waals surface area contributed by atoms with Gasteiger partial charge in [-0.25, -0.2) is 19.6 Å². The summed E-state index contributed by atoms with van der Waals surface area (Å²) in [5.74, 6) is 0.447. The summed E-state index contributed by atoms with van der Waals surface area (Å²) in [5, 5.41) is 5.90. The van der Waals surface area contributed by atoms with E-state index in [1.54, 1.807) is 6.20 Å². The second-order valence-corrected chi connectivity index (χ2v) is 13.8. The van der Waals surface area contributed by atoms with Gasteiger partial charge in [0, 0.05) is 6.54 Å².